The van der Waals surface area contributed by atoms with Crippen LogP contribution in [0.15, 0.2) is 218 Å². The first-order valence-electron chi connectivity index (χ1n) is 21.2. The van der Waals surface area contributed by atoms with Gasteiger partial charge in [0.15, 0.2) is 11.6 Å². The van der Waals surface area contributed by atoms with E-state index in [0.29, 0.717) is 17.6 Å². The van der Waals surface area contributed by atoms with E-state index in [4.69, 9.17) is 15.0 Å². The number of nitrogens with zero attached hydrogens (tertiary/aromatic N) is 4. The lowest BCUT2D eigenvalue weighted by molar-refractivity contribution is 0.796. The fourth-order valence-corrected chi connectivity index (χ4v) is 10.5. The number of benzene rings is 9. The minimum atomic E-state index is -0.453. The predicted octanol–water partition coefficient (Wildman–Crippen LogP) is 14.0. The van der Waals surface area contributed by atoms with Crippen LogP contribution in [0.5, 0.6) is 0 Å². The van der Waals surface area contributed by atoms with Gasteiger partial charge < -0.3 is 0 Å². The van der Waals surface area contributed by atoms with Crippen LogP contribution in [0.2, 0.25) is 0 Å². The van der Waals surface area contributed by atoms with Crippen molar-refractivity contribution in [2.45, 2.75) is 5.41 Å². The largest absolute Gasteiger partial charge is 0.278 e. The third kappa shape index (κ3) is 4.92. The summed E-state index contributed by atoms with van der Waals surface area (Å²) in [5.74, 6) is 1.82. The van der Waals surface area contributed by atoms with Gasteiger partial charge in [0.1, 0.15) is 0 Å². The van der Waals surface area contributed by atoms with E-state index >= 15 is 0 Å². The van der Waals surface area contributed by atoms with Gasteiger partial charge in [-0.2, -0.15) is 9.97 Å². The molecule has 0 bridgehead atoms. The zero-order valence-corrected chi connectivity index (χ0v) is 33.6. The van der Waals surface area contributed by atoms with Gasteiger partial charge in [-0.1, -0.05) is 194 Å². The number of fused-ring (bicyclic) bond motifs is 13. The zero-order chi connectivity index (χ0) is 40.8. The highest BCUT2D eigenvalue weighted by Gasteiger charge is 2.52. The van der Waals surface area contributed by atoms with Crippen LogP contribution in [0.25, 0.3) is 95.0 Å². The molecule has 288 valence electrons. The van der Waals surface area contributed by atoms with Crippen molar-refractivity contribution >= 4 is 21.8 Å². The van der Waals surface area contributed by atoms with Crippen LogP contribution in [-0.4, -0.2) is 19.5 Å². The smallest absolute Gasteiger partial charge is 0.238 e. The molecule has 2 aliphatic carbocycles. The highest BCUT2D eigenvalue weighted by atomic mass is 15.2. The maximum atomic E-state index is 5.29. The number of hydrogen-bond acceptors (Lipinski definition) is 3. The van der Waals surface area contributed by atoms with Crippen LogP contribution in [0, 0.1) is 0 Å². The summed E-state index contributed by atoms with van der Waals surface area (Å²) in [6.45, 7) is 0. The van der Waals surface area contributed by atoms with Gasteiger partial charge in [0.05, 0.1) is 16.4 Å². The van der Waals surface area contributed by atoms with Crippen molar-refractivity contribution in [1.29, 1.82) is 0 Å². The lowest BCUT2D eigenvalue weighted by Crippen LogP contribution is -2.26. The average molecular weight is 789 g/mol. The number of para-hydroxylation sites is 1. The minimum Gasteiger partial charge on any atom is -0.278 e. The van der Waals surface area contributed by atoms with Crippen molar-refractivity contribution < 1.29 is 0 Å². The van der Waals surface area contributed by atoms with E-state index in [9.17, 15) is 0 Å². The second-order valence-corrected chi connectivity index (χ2v) is 16.3. The molecule has 2 aromatic heterocycles. The molecule has 0 fully saturated rings. The van der Waals surface area contributed by atoms with E-state index in [1.807, 2.05) is 24.3 Å². The van der Waals surface area contributed by atoms with Crippen LogP contribution >= 0.6 is 0 Å². The first kappa shape index (κ1) is 34.6. The highest BCUT2D eigenvalue weighted by molar-refractivity contribution is 6.11. The Balaban J connectivity index is 1.04. The molecule has 0 saturated heterocycles. The Morgan fingerprint density at radius 2 is 0.806 bits per heavy atom. The third-order valence-corrected chi connectivity index (χ3v) is 13.1. The molecule has 0 aliphatic heterocycles. The first-order chi connectivity index (χ1) is 30.8. The second kappa shape index (κ2) is 13.4. The average Bonchev–Trinajstić information content (AvgIpc) is 3.96. The van der Waals surface area contributed by atoms with Crippen molar-refractivity contribution in [3.05, 3.63) is 241 Å². The van der Waals surface area contributed by atoms with E-state index in [-0.39, 0.29) is 0 Å². The molecule has 0 radical (unpaired) electrons. The normalized spacial score (nSPS) is 13.0. The van der Waals surface area contributed by atoms with Crippen LogP contribution in [0.1, 0.15) is 22.3 Å². The van der Waals surface area contributed by atoms with Crippen LogP contribution in [0.4, 0.5) is 0 Å². The first-order valence-corrected chi connectivity index (χ1v) is 21.2. The Morgan fingerprint density at radius 3 is 1.52 bits per heavy atom. The van der Waals surface area contributed by atoms with E-state index in [1.54, 1.807) is 0 Å². The molecule has 0 amide bonds. The second-order valence-electron chi connectivity index (χ2n) is 16.3. The van der Waals surface area contributed by atoms with Crippen molar-refractivity contribution in [2.75, 3.05) is 0 Å². The Bertz CT molecular complexity index is 3520. The van der Waals surface area contributed by atoms with Gasteiger partial charge in [-0.25, -0.2) is 4.98 Å². The third-order valence-electron chi connectivity index (χ3n) is 13.1. The SMILES string of the molecule is c1ccc(-c2cccc(-c3nc(-c4ccccc4)nc(-n4c5ccccc5c5cc(-c6cccc7c6C6(c8ccccc8-c8ccccc86)c6ccccc6-7)ccc54)n3)c2)cc1. The molecule has 4 heteroatoms. The lowest BCUT2D eigenvalue weighted by atomic mass is 9.68. The van der Waals surface area contributed by atoms with E-state index < -0.39 is 5.41 Å². The monoisotopic (exact) mass is 788 g/mol. The summed E-state index contributed by atoms with van der Waals surface area (Å²) in [7, 11) is 0. The maximum Gasteiger partial charge on any atom is 0.238 e. The van der Waals surface area contributed by atoms with Gasteiger partial charge >= 0.3 is 0 Å². The Kier molecular flexibility index (Phi) is 7.49. The van der Waals surface area contributed by atoms with Crippen LogP contribution in [-0.2, 0) is 5.41 Å². The van der Waals surface area contributed by atoms with Crippen LogP contribution < -0.4 is 0 Å². The van der Waals surface area contributed by atoms with Crippen LogP contribution in [0.3, 0.4) is 0 Å². The number of aromatic nitrogens is 4. The minimum absolute atomic E-state index is 0.453. The molecule has 4 nitrogen and oxygen atoms in total. The van der Waals surface area contributed by atoms with E-state index in [0.717, 1.165) is 44.1 Å². The molecule has 2 heterocycles. The number of hydrogen-bond donors (Lipinski definition) is 0. The Labute approximate surface area is 359 Å². The van der Waals surface area contributed by atoms with E-state index in [2.05, 4.69) is 199 Å². The van der Waals surface area contributed by atoms with Gasteiger partial charge in [0.25, 0.3) is 0 Å². The van der Waals surface area contributed by atoms with Crippen molar-refractivity contribution in [2.24, 2.45) is 0 Å². The van der Waals surface area contributed by atoms with Gasteiger partial charge in [-0.3, -0.25) is 4.57 Å². The van der Waals surface area contributed by atoms with Gasteiger partial charge in [-0.15, -0.1) is 0 Å². The van der Waals surface area contributed by atoms with Gasteiger partial charge in [0.2, 0.25) is 5.95 Å². The zero-order valence-electron chi connectivity index (χ0n) is 33.6. The molecule has 0 saturated carbocycles. The summed E-state index contributed by atoms with van der Waals surface area (Å²) in [4.78, 5) is 15.6. The topological polar surface area (TPSA) is 43.6 Å². The molecule has 9 aromatic carbocycles. The molecule has 1 spiro atoms. The van der Waals surface area contributed by atoms with E-state index in [1.165, 1.54) is 55.6 Å². The Morgan fingerprint density at radius 1 is 0.306 bits per heavy atom. The maximum absolute atomic E-state index is 5.29. The fraction of sp³-hybridized carbons (Fsp3) is 0.0172. The Hall–Kier alpha value is -8.21. The molecule has 0 N–H and O–H groups in total. The quantitative estimate of drug-likeness (QED) is 0.174. The predicted molar refractivity (Wildman–Crippen MR) is 252 cm³/mol. The molecule has 2 aliphatic rings. The number of rotatable bonds is 5. The molecule has 62 heavy (non-hydrogen) atoms. The molecular weight excluding hydrogens is 753 g/mol. The standard InChI is InChI=1S/C58H36N4/c1-3-17-37(18-4-1)39-21-15-22-41(35-39)56-59-55(38-19-5-2-6-20-38)60-57(61-56)62-52-32-14-10-26-46(52)48-36-40(33-34-53(48)62)42-27-16-28-47-45-25-9-13-31-51(45)58(54(42)47)49-29-11-7-23-43(49)44-24-8-12-30-50(44)58/h1-36H. The highest BCUT2D eigenvalue weighted by Crippen LogP contribution is 2.64. The van der Waals surface area contributed by atoms with Crippen molar-refractivity contribution in [3.8, 4) is 73.2 Å². The molecule has 0 atom stereocenters. The molecule has 13 rings (SSSR count). The summed E-state index contributed by atoms with van der Waals surface area (Å²) in [6, 6.07) is 78.6. The summed E-state index contributed by atoms with van der Waals surface area (Å²) in [5, 5.41) is 2.28. The summed E-state index contributed by atoms with van der Waals surface area (Å²) in [6.07, 6.45) is 0. The van der Waals surface area contributed by atoms with Crippen molar-refractivity contribution in [1.82, 2.24) is 19.5 Å². The lowest BCUT2D eigenvalue weighted by Gasteiger charge is -2.32. The summed E-state index contributed by atoms with van der Waals surface area (Å²) < 4.78 is 2.21. The van der Waals surface area contributed by atoms with Gasteiger partial charge in [-0.05, 0) is 91.0 Å². The summed E-state index contributed by atoms with van der Waals surface area (Å²) >= 11 is 0. The molecule has 0 unspecified atom stereocenters. The van der Waals surface area contributed by atoms with Crippen molar-refractivity contribution in [3.63, 3.8) is 0 Å². The summed E-state index contributed by atoms with van der Waals surface area (Å²) in [5.41, 5.74) is 18.7. The molecular formula is C58H36N4. The molecule has 11 aromatic rings. The van der Waals surface area contributed by atoms with Gasteiger partial charge in [0, 0.05) is 21.9 Å². The fourth-order valence-electron chi connectivity index (χ4n) is 10.5.